The summed E-state index contributed by atoms with van der Waals surface area (Å²) in [5.74, 6) is -1.02. The van der Waals surface area contributed by atoms with E-state index >= 15 is 0 Å². The second kappa shape index (κ2) is 8.49. The molecule has 8 heteroatoms. The molecule has 7 nitrogen and oxygen atoms in total. The number of hydrogen-bond acceptors (Lipinski definition) is 6. The Morgan fingerprint density at radius 1 is 0.861 bits per heavy atom. The Morgan fingerprint density at radius 3 is 2.06 bits per heavy atom. The van der Waals surface area contributed by atoms with Gasteiger partial charge in [0.2, 0.25) is 11.7 Å². The molecule has 3 aromatic carbocycles. The van der Waals surface area contributed by atoms with Gasteiger partial charge in [0.1, 0.15) is 16.1 Å². The second-order valence-electron chi connectivity index (χ2n) is 9.49. The van der Waals surface area contributed by atoms with E-state index in [-0.39, 0.29) is 33.4 Å². The molecule has 1 aliphatic heterocycles. The number of ketones is 1. The molecule has 0 bridgehead atoms. The molecule has 1 aliphatic rings. The zero-order valence-corrected chi connectivity index (χ0v) is 20.8. The van der Waals surface area contributed by atoms with Crippen LogP contribution in [0.4, 0.5) is 11.6 Å². The molecular weight excluding hydrogens is 476 g/mol. The first-order chi connectivity index (χ1) is 17.1. The minimum atomic E-state index is -4.30. The van der Waals surface area contributed by atoms with Crippen LogP contribution in [0.2, 0.25) is 0 Å². The number of carbonyl (C=O) groups excluding carboxylic acids is 2. The quantitative estimate of drug-likeness (QED) is 0.351. The van der Waals surface area contributed by atoms with Gasteiger partial charge in [-0.1, -0.05) is 72.8 Å². The molecule has 182 valence electrons. The number of amides is 1. The average Bonchev–Trinajstić information content (AvgIpc) is 3.30. The van der Waals surface area contributed by atoms with E-state index in [1.165, 1.54) is 12.1 Å². The van der Waals surface area contributed by atoms with Crippen LogP contribution in [0, 0.1) is 0 Å². The molecule has 1 aromatic heterocycles. The molecule has 1 N–H and O–H groups in total. The first-order valence-corrected chi connectivity index (χ1v) is 12.8. The molecule has 0 spiro atoms. The zero-order chi connectivity index (χ0) is 25.7. The average molecular weight is 501 g/mol. The summed E-state index contributed by atoms with van der Waals surface area (Å²) in [6.07, 6.45) is 0. The van der Waals surface area contributed by atoms with Gasteiger partial charge in [-0.15, -0.1) is 0 Å². The number of furan rings is 1. The van der Waals surface area contributed by atoms with E-state index in [4.69, 9.17) is 4.42 Å². The molecular formula is C28H24N2O5S. The summed E-state index contributed by atoms with van der Waals surface area (Å²) in [6, 6.07) is 23.3. The van der Waals surface area contributed by atoms with Crippen LogP contribution in [-0.4, -0.2) is 25.6 Å². The monoisotopic (exact) mass is 500 g/mol. The number of hydrogen-bond donors (Lipinski definition) is 1. The maximum absolute atomic E-state index is 13.9. The van der Waals surface area contributed by atoms with Gasteiger partial charge >= 0.3 is 0 Å². The van der Waals surface area contributed by atoms with Gasteiger partial charge in [-0.3, -0.25) is 9.59 Å². The van der Waals surface area contributed by atoms with Crippen molar-refractivity contribution in [1.82, 2.24) is 0 Å². The van der Waals surface area contributed by atoms with Crippen LogP contribution in [0.3, 0.4) is 0 Å². The highest BCUT2D eigenvalue weighted by atomic mass is 32.2. The summed E-state index contributed by atoms with van der Waals surface area (Å²) in [5.41, 5.74) is 0.225. The predicted octanol–water partition coefficient (Wildman–Crippen LogP) is 5.74. The maximum atomic E-state index is 13.9. The van der Waals surface area contributed by atoms with Gasteiger partial charge in [0, 0.05) is 16.7 Å². The van der Waals surface area contributed by atoms with Crippen LogP contribution in [-0.2, 0) is 10.0 Å². The van der Waals surface area contributed by atoms with Crippen molar-refractivity contribution in [1.29, 1.82) is 0 Å². The lowest BCUT2D eigenvalue weighted by Crippen LogP contribution is -2.32. The van der Waals surface area contributed by atoms with Gasteiger partial charge < -0.3 is 9.73 Å². The highest BCUT2D eigenvalue weighted by Crippen LogP contribution is 2.47. The molecule has 2 heterocycles. The molecule has 0 atom stereocenters. The zero-order valence-electron chi connectivity index (χ0n) is 20.0. The van der Waals surface area contributed by atoms with E-state index in [2.05, 4.69) is 5.32 Å². The van der Waals surface area contributed by atoms with Gasteiger partial charge in [0.05, 0.1) is 5.56 Å². The number of nitrogens with zero attached hydrogens (tertiary/aromatic N) is 1. The molecule has 0 unspecified atom stereocenters. The minimum Gasteiger partial charge on any atom is -0.438 e. The maximum Gasteiger partial charge on any atom is 0.273 e. The predicted molar refractivity (Wildman–Crippen MR) is 138 cm³/mol. The number of benzene rings is 3. The van der Waals surface area contributed by atoms with Gasteiger partial charge in [0.15, 0.2) is 5.76 Å². The Morgan fingerprint density at radius 2 is 1.44 bits per heavy atom. The Balaban J connectivity index is 1.86. The number of sulfonamides is 1. The number of carbonyl (C=O) groups is 2. The fraction of sp³-hybridized carbons (Fsp3) is 0.143. The minimum absolute atomic E-state index is 0.0280. The van der Waals surface area contributed by atoms with Crippen molar-refractivity contribution in [2.45, 2.75) is 31.2 Å². The standard InChI is InChI=1S/C28H24N2O5S/c1-28(2,3)29-26-22(24(31)18-12-6-4-7-13-18)23(25(35-26)19-14-8-5-9-15-19)30-27(32)20-16-10-11-17-21(20)36(30,33)34/h4-17,29H,1-3H3. The molecule has 0 saturated carbocycles. The first kappa shape index (κ1) is 23.6. The van der Waals surface area contributed by atoms with Crippen LogP contribution in [0.25, 0.3) is 11.3 Å². The number of anilines is 2. The molecule has 0 fully saturated rings. The van der Waals surface area contributed by atoms with Gasteiger partial charge in [-0.2, -0.15) is 4.31 Å². The fourth-order valence-electron chi connectivity index (χ4n) is 4.18. The van der Waals surface area contributed by atoms with E-state index in [0.29, 0.717) is 15.4 Å². The van der Waals surface area contributed by atoms with Crippen LogP contribution >= 0.6 is 0 Å². The summed E-state index contributed by atoms with van der Waals surface area (Å²) < 4.78 is 34.3. The number of fused-ring (bicyclic) bond motifs is 1. The van der Waals surface area contributed by atoms with Gasteiger partial charge in [-0.05, 0) is 32.9 Å². The molecule has 4 aromatic rings. The highest BCUT2D eigenvalue weighted by Gasteiger charge is 2.47. The molecule has 36 heavy (non-hydrogen) atoms. The van der Waals surface area contributed by atoms with E-state index in [9.17, 15) is 18.0 Å². The lowest BCUT2D eigenvalue weighted by atomic mass is 10.0. The highest BCUT2D eigenvalue weighted by molar-refractivity contribution is 7.94. The largest absolute Gasteiger partial charge is 0.438 e. The van der Waals surface area contributed by atoms with Crippen molar-refractivity contribution in [2.24, 2.45) is 0 Å². The Labute approximate surface area is 209 Å². The summed E-state index contributed by atoms with van der Waals surface area (Å²) >= 11 is 0. The lowest BCUT2D eigenvalue weighted by molar-refractivity contribution is 0.101. The SMILES string of the molecule is CC(C)(C)Nc1oc(-c2ccccc2)c(N2C(=O)c3ccccc3S2(=O)=O)c1C(=O)c1ccccc1. The number of rotatable bonds is 5. The lowest BCUT2D eigenvalue weighted by Gasteiger charge is -2.21. The molecule has 0 aliphatic carbocycles. The third-order valence-corrected chi connectivity index (χ3v) is 7.43. The van der Waals surface area contributed by atoms with E-state index in [1.807, 2.05) is 26.8 Å². The van der Waals surface area contributed by atoms with Crippen molar-refractivity contribution in [3.8, 4) is 11.3 Å². The number of nitrogens with one attached hydrogen (secondary N) is 1. The Bertz CT molecular complexity index is 1580. The van der Waals surface area contributed by atoms with Crippen LogP contribution < -0.4 is 9.62 Å². The Kier molecular flexibility index (Phi) is 5.56. The normalized spacial score (nSPS) is 14.5. The van der Waals surface area contributed by atoms with Crippen molar-refractivity contribution in [2.75, 3.05) is 9.62 Å². The van der Waals surface area contributed by atoms with Crippen LogP contribution in [0.1, 0.15) is 47.1 Å². The van der Waals surface area contributed by atoms with Crippen molar-refractivity contribution in [3.05, 3.63) is 102 Å². The van der Waals surface area contributed by atoms with Crippen molar-refractivity contribution in [3.63, 3.8) is 0 Å². The van der Waals surface area contributed by atoms with Gasteiger partial charge in [-0.25, -0.2) is 8.42 Å². The third kappa shape index (κ3) is 3.89. The molecule has 5 rings (SSSR count). The van der Waals surface area contributed by atoms with Crippen LogP contribution in [0.15, 0.2) is 94.2 Å². The molecule has 1 amide bonds. The third-order valence-electron chi connectivity index (χ3n) is 5.69. The molecule has 0 radical (unpaired) electrons. The van der Waals surface area contributed by atoms with E-state index < -0.39 is 27.3 Å². The smallest absolute Gasteiger partial charge is 0.273 e. The Hall–Kier alpha value is -4.17. The van der Waals surface area contributed by atoms with E-state index in [1.54, 1.807) is 66.7 Å². The van der Waals surface area contributed by atoms with E-state index in [0.717, 1.165) is 0 Å². The second-order valence-corrected chi connectivity index (χ2v) is 11.2. The summed E-state index contributed by atoms with van der Waals surface area (Å²) in [7, 11) is -4.30. The summed E-state index contributed by atoms with van der Waals surface area (Å²) in [4.78, 5) is 27.4. The van der Waals surface area contributed by atoms with Crippen molar-refractivity contribution >= 4 is 33.3 Å². The topological polar surface area (TPSA) is 96.7 Å². The van der Waals surface area contributed by atoms with Crippen LogP contribution in [0.5, 0.6) is 0 Å². The van der Waals surface area contributed by atoms with Gasteiger partial charge in [0.25, 0.3) is 15.9 Å². The van der Waals surface area contributed by atoms with Crippen molar-refractivity contribution < 1.29 is 22.4 Å². The summed E-state index contributed by atoms with van der Waals surface area (Å²) in [6.45, 7) is 5.67. The summed E-state index contributed by atoms with van der Waals surface area (Å²) in [5, 5.41) is 3.20. The fourth-order valence-corrected chi connectivity index (χ4v) is 5.79. The first-order valence-electron chi connectivity index (χ1n) is 11.4. The molecule has 0 saturated heterocycles.